The van der Waals surface area contributed by atoms with E-state index in [1.54, 1.807) is 12.3 Å². The summed E-state index contributed by atoms with van der Waals surface area (Å²) in [6.45, 7) is 3.03. The molecule has 1 aromatic heterocycles. The summed E-state index contributed by atoms with van der Waals surface area (Å²) >= 11 is 3.25. The first-order chi connectivity index (χ1) is 11.0. The minimum atomic E-state index is -1.11. The summed E-state index contributed by atoms with van der Waals surface area (Å²) in [6.07, 6.45) is 6.44. The van der Waals surface area contributed by atoms with Gasteiger partial charge in [0.25, 0.3) is 0 Å². The molecular weight excluding hydrogens is 362 g/mol. The van der Waals surface area contributed by atoms with Crippen LogP contribution in [0.25, 0.3) is 0 Å². The predicted molar refractivity (Wildman–Crippen MR) is 93.2 cm³/mol. The summed E-state index contributed by atoms with van der Waals surface area (Å²) in [5.74, 6) is 1.29. The standard InChI is InChI=1S/C16H24BrN3O3/c1-20-7-5-12(6-8-20)4-2-3-9-23-15-10-14(19-16(21)22)13(17)11-18-15/h10-12H,2-9H2,1H3,(H,18,19)(H,21,22). The topological polar surface area (TPSA) is 74.7 Å². The van der Waals surface area contributed by atoms with Crippen LogP contribution in [0.1, 0.15) is 32.1 Å². The predicted octanol–water partition coefficient (Wildman–Crippen LogP) is 3.82. The number of amides is 1. The maximum atomic E-state index is 10.7. The number of hydrogen-bond acceptors (Lipinski definition) is 4. The first-order valence-corrected chi connectivity index (χ1v) is 8.80. The maximum Gasteiger partial charge on any atom is 0.409 e. The van der Waals surface area contributed by atoms with Crippen molar-refractivity contribution in [2.75, 3.05) is 32.1 Å². The highest BCUT2D eigenvalue weighted by atomic mass is 79.9. The highest BCUT2D eigenvalue weighted by Gasteiger charge is 2.15. The Bertz CT molecular complexity index is 519. The summed E-state index contributed by atoms with van der Waals surface area (Å²) in [6, 6.07) is 1.59. The lowest BCUT2D eigenvalue weighted by Crippen LogP contribution is -2.30. The number of pyridine rings is 1. The fraction of sp³-hybridized carbons (Fsp3) is 0.625. The average molecular weight is 386 g/mol. The lowest BCUT2D eigenvalue weighted by molar-refractivity contribution is 0.205. The minimum absolute atomic E-state index is 0.439. The number of ether oxygens (including phenoxy) is 1. The monoisotopic (exact) mass is 385 g/mol. The van der Waals surface area contributed by atoms with Crippen LogP contribution in [0.15, 0.2) is 16.7 Å². The number of likely N-dealkylation sites (tertiary alicyclic amines) is 1. The number of halogens is 1. The van der Waals surface area contributed by atoms with E-state index >= 15 is 0 Å². The molecule has 0 aromatic carbocycles. The molecule has 23 heavy (non-hydrogen) atoms. The molecule has 1 aliphatic rings. The van der Waals surface area contributed by atoms with Gasteiger partial charge in [0, 0.05) is 12.3 Å². The molecule has 0 unspecified atom stereocenters. The van der Waals surface area contributed by atoms with Crippen molar-refractivity contribution in [2.24, 2.45) is 5.92 Å². The molecular formula is C16H24BrN3O3. The van der Waals surface area contributed by atoms with Gasteiger partial charge in [-0.05, 0) is 67.7 Å². The molecule has 2 heterocycles. The Balaban J connectivity index is 1.67. The molecule has 1 saturated heterocycles. The number of hydrogen-bond donors (Lipinski definition) is 2. The second kappa shape index (κ2) is 9.08. The zero-order chi connectivity index (χ0) is 16.7. The highest BCUT2D eigenvalue weighted by Crippen LogP contribution is 2.25. The number of aromatic nitrogens is 1. The normalized spacial score (nSPS) is 16.3. The molecule has 2 rings (SSSR count). The Labute approximate surface area is 145 Å². The zero-order valence-electron chi connectivity index (χ0n) is 13.4. The van der Waals surface area contributed by atoms with E-state index < -0.39 is 6.09 Å². The van der Waals surface area contributed by atoms with Gasteiger partial charge in [-0.3, -0.25) is 5.32 Å². The van der Waals surface area contributed by atoms with E-state index in [1.165, 1.54) is 32.4 Å². The van der Waals surface area contributed by atoms with Gasteiger partial charge < -0.3 is 14.7 Å². The molecule has 1 amide bonds. The number of nitrogens with zero attached hydrogens (tertiary/aromatic N) is 2. The van der Waals surface area contributed by atoms with E-state index in [4.69, 9.17) is 9.84 Å². The average Bonchev–Trinajstić information content (AvgIpc) is 2.51. The first-order valence-electron chi connectivity index (χ1n) is 8.01. The molecule has 1 aliphatic heterocycles. The van der Waals surface area contributed by atoms with Gasteiger partial charge in [-0.2, -0.15) is 0 Å². The van der Waals surface area contributed by atoms with Crippen molar-refractivity contribution in [1.82, 2.24) is 9.88 Å². The molecule has 7 heteroatoms. The smallest absolute Gasteiger partial charge is 0.409 e. The number of unbranched alkanes of at least 4 members (excludes halogenated alkanes) is 1. The van der Waals surface area contributed by atoms with Crippen LogP contribution in [0, 0.1) is 5.92 Å². The van der Waals surface area contributed by atoms with Crippen LogP contribution in [-0.4, -0.2) is 47.8 Å². The number of nitrogens with one attached hydrogen (secondary N) is 1. The maximum absolute atomic E-state index is 10.7. The van der Waals surface area contributed by atoms with Crippen LogP contribution in [0.4, 0.5) is 10.5 Å². The van der Waals surface area contributed by atoms with E-state index in [-0.39, 0.29) is 0 Å². The SMILES string of the molecule is CN1CCC(CCCCOc2cc(NC(=O)O)c(Br)cn2)CC1. The first kappa shape index (κ1) is 18.0. The van der Waals surface area contributed by atoms with Crippen molar-refractivity contribution in [3.8, 4) is 5.88 Å². The molecule has 6 nitrogen and oxygen atoms in total. The number of carbonyl (C=O) groups is 1. The van der Waals surface area contributed by atoms with Crippen molar-refractivity contribution in [2.45, 2.75) is 32.1 Å². The van der Waals surface area contributed by atoms with Gasteiger partial charge in [-0.1, -0.05) is 6.42 Å². The minimum Gasteiger partial charge on any atom is -0.478 e. The van der Waals surface area contributed by atoms with Crippen molar-refractivity contribution >= 4 is 27.7 Å². The highest BCUT2D eigenvalue weighted by molar-refractivity contribution is 9.10. The van der Waals surface area contributed by atoms with E-state index in [0.29, 0.717) is 22.6 Å². The van der Waals surface area contributed by atoms with Crippen molar-refractivity contribution in [3.05, 3.63) is 16.7 Å². The van der Waals surface area contributed by atoms with Crippen LogP contribution in [0.2, 0.25) is 0 Å². The summed E-state index contributed by atoms with van der Waals surface area (Å²) < 4.78 is 6.21. The van der Waals surface area contributed by atoms with Gasteiger partial charge in [0.2, 0.25) is 5.88 Å². The van der Waals surface area contributed by atoms with Crippen molar-refractivity contribution in [3.63, 3.8) is 0 Å². The molecule has 0 atom stereocenters. The number of anilines is 1. The zero-order valence-corrected chi connectivity index (χ0v) is 15.0. The summed E-state index contributed by atoms with van der Waals surface area (Å²) in [4.78, 5) is 17.2. The van der Waals surface area contributed by atoms with Gasteiger partial charge >= 0.3 is 6.09 Å². The number of piperidine rings is 1. The Morgan fingerprint density at radius 1 is 1.48 bits per heavy atom. The summed E-state index contributed by atoms with van der Waals surface area (Å²) in [5.41, 5.74) is 0.439. The molecule has 0 bridgehead atoms. The molecule has 0 spiro atoms. The van der Waals surface area contributed by atoms with Crippen molar-refractivity contribution in [1.29, 1.82) is 0 Å². The van der Waals surface area contributed by atoms with Crippen LogP contribution < -0.4 is 10.1 Å². The molecule has 1 aromatic rings. The summed E-state index contributed by atoms with van der Waals surface area (Å²) in [5, 5.41) is 11.1. The fourth-order valence-corrected chi connectivity index (χ4v) is 3.09. The fourth-order valence-electron chi connectivity index (χ4n) is 2.77. The van der Waals surface area contributed by atoms with E-state index in [9.17, 15) is 4.79 Å². The molecule has 0 radical (unpaired) electrons. The third-order valence-corrected chi connectivity index (χ3v) is 4.80. The molecule has 0 aliphatic carbocycles. The van der Waals surface area contributed by atoms with Crippen LogP contribution in [0.3, 0.4) is 0 Å². The van der Waals surface area contributed by atoms with E-state index in [1.807, 2.05) is 0 Å². The Morgan fingerprint density at radius 2 is 2.22 bits per heavy atom. The second-order valence-corrected chi connectivity index (χ2v) is 6.88. The van der Waals surface area contributed by atoms with Gasteiger partial charge in [0.05, 0.1) is 16.8 Å². The Kier molecular flexibility index (Phi) is 7.11. The number of carboxylic acid groups (broad SMARTS) is 1. The Hall–Kier alpha value is -1.34. The van der Waals surface area contributed by atoms with Gasteiger partial charge in [0.1, 0.15) is 0 Å². The summed E-state index contributed by atoms with van der Waals surface area (Å²) in [7, 11) is 2.18. The molecule has 1 fully saturated rings. The molecule has 2 N–H and O–H groups in total. The third-order valence-electron chi connectivity index (χ3n) is 4.17. The number of rotatable bonds is 7. The quantitative estimate of drug-likeness (QED) is 0.697. The largest absolute Gasteiger partial charge is 0.478 e. The second-order valence-electron chi connectivity index (χ2n) is 6.02. The van der Waals surface area contributed by atoms with E-state index in [0.717, 1.165) is 18.8 Å². The van der Waals surface area contributed by atoms with Crippen LogP contribution in [-0.2, 0) is 0 Å². The molecule has 0 saturated carbocycles. The van der Waals surface area contributed by atoms with Crippen LogP contribution >= 0.6 is 15.9 Å². The van der Waals surface area contributed by atoms with Gasteiger partial charge in [-0.25, -0.2) is 9.78 Å². The van der Waals surface area contributed by atoms with Crippen LogP contribution in [0.5, 0.6) is 5.88 Å². The molecule has 128 valence electrons. The van der Waals surface area contributed by atoms with Crippen molar-refractivity contribution < 1.29 is 14.6 Å². The lowest BCUT2D eigenvalue weighted by Gasteiger charge is -2.28. The van der Waals surface area contributed by atoms with Gasteiger partial charge in [-0.15, -0.1) is 0 Å². The Morgan fingerprint density at radius 3 is 2.91 bits per heavy atom. The van der Waals surface area contributed by atoms with E-state index in [2.05, 4.69) is 38.2 Å². The lowest BCUT2D eigenvalue weighted by atomic mass is 9.92. The van der Waals surface area contributed by atoms with Gasteiger partial charge in [0.15, 0.2) is 0 Å². The third kappa shape index (κ3) is 6.35.